The number of hydrogen-bond acceptors (Lipinski definition) is 3. The molecule has 27 heavy (non-hydrogen) atoms. The molecule has 1 aromatic heterocycles. The molecule has 0 saturated carbocycles. The number of pyridine rings is 1. The van der Waals surface area contributed by atoms with Gasteiger partial charge < -0.3 is 14.6 Å². The lowest BCUT2D eigenvalue weighted by atomic mass is 9.70. The number of amides is 1. The Labute approximate surface area is 157 Å². The molecule has 1 aromatic carbocycles. The van der Waals surface area contributed by atoms with Gasteiger partial charge in [-0.25, -0.2) is 0 Å². The standard InChI is InChI=1S/C21H22N2O4/c1-22-10-9-15(11-18(22)24)19(25)23-16-7-8-17(23)21(13-16,20(26)27)12-14-5-3-2-4-6-14/h2-6,9-11,16-17H,7-8,12-13H2,1H3,(H,26,27)/t16-,17+,21+/m0/s1. The van der Waals surface area contributed by atoms with Gasteiger partial charge >= 0.3 is 5.97 Å². The first-order valence-corrected chi connectivity index (χ1v) is 9.19. The minimum absolute atomic E-state index is 0.0913. The second kappa shape index (κ2) is 6.37. The number of nitrogens with zero attached hydrogens (tertiary/aromatic N) is 2. The molecule has 2 aliphatic rings. The van der Waals surface area contributed by atoms with Crippen molar-refractivity contribution in [1.82, 2.24) is 9.47 Å². The van der Waals surface area contributed by atoms with Crippen molar-refractivity contribution in [2.75, 3.05) is 0 Å². The Hall–Kier alpha value is -2.89. The Balaban J connectivity index is 1.68. The second-order valence-corrected chi connectivity index (χ2v) is 7.65. The summed E-state index contributed by atoms with van der Waals surface area (Å²) >= 11 is 0. The largest absolute Gasteiger partial charge is 0.481 e. The van der Waals surface area contributed by atoms with Gasteiger partial charge in [0, 0.05) is 37.0 Å². The fourth-order valence-corrected chi connectivity index (χ4v) is 4.78. The zero-order chi connectivity index (χ0) is 19.2. The van der Waals surface area contributed by atoms with Crippen LogP contribution in [-0.4, -0.2) is 38.5 Å². The Morgan fingerprint density at radius 1 is 1.19 bits per heavy atom. The van der Waals surface area contributed by atoms with Crippen molar-refractivity contribution in [2.24, 2.45) is 12.5 Å². The molecule has 1 N–H and O–H groups in total. The third kappa shape index (κ3) is 2.76. The summed E-state index contributed by atoms with van der Waals surface area (Å²) in [5.74, 6) is -1.09. The third-order valence-electron chi connectivity index (χ3n) is 6.11. The summed E-state index contributed by atoms with van der Waals surface area (Å²) in [6, 6.07) is 12.1. The van der Waals surface area contributed by atoms with Crippen LogP contribution in [0.25, 0.3) is 0 Å². The molecule has 140 valence electrons. The van der Waals surface area contributed by atoms with Crippen molar-refractivity contribution in [2.45, 2.75) is 37.8 Å². The van der Waals surface area contributed by atoms with Crippen molar-refractivity contribution in [1.29, 1.82) is 0 Å². The van der Waals surface area contributed by atoms with Crippen molar-refractivity contribution >= 4 is 11.9 Å². The van der Waals surface area contributed by atoms with Crippen LogP contribution >= 0.6 is 0 Å². The lowest BCUT2D eigenvalue weighted by Crippen LogP contribution is -2.46. The molecule has 2 aliphatic heterocycles. The smallest absolute Gasteiger partial charge is 0.312 e. The molecule has 6 heteroatoms. The minimum Gasteiger partial charge on any atom is -0.481 e. The number of rotatable bonds is 4. The Kier molecular flexibility index (Phi) is 4.13. The van der Waals surface area contributed by atoms with Crippen LogP contribution in [0.2, 0.25) is 0 Å². The van der Waals surface area contributed by atoms with Crippen LogP contribution in [0.1, 0.15) is 35.2 Å². The zero-order valence-electron chi connectivity index (χ0n) is 15.2. The van der Waals surface area contributed by atoms with Crippen molar-refractivity contribution in [3.8, 4) is 0 Å². The number of aromatic nitrogens is 1. The van der Waals surface area contributed by atoms with Crippen LogP contribution in [0.5, 0.6) is 0 Å². The molecule has 0 unspecified atom stereocenters. The topological polar surface area (TPSA) is 79.6 Å². The van der Waals surface area contributed by atoms with Crippen molar-refractivity contribution < 1.29 is 14.7 Å². The first-order valence-electron chi connectivity index (χ1n) is 9.19. The van der Waals surface area contributed by atoms with E-state index < -0.39 is 11.4 Å². The number of carboxylic acids is 1. The monoisotopic (exact) mass is 366 g/mol. The number of hydrogen-bond donors (Lipinski definition) is 1. The lowest BCUT2D eigenvalue weighted by Gasteiger charge is -2.33. The third-order valence-corrected chi connectivity index (χ3v) is 6.11. The highest BCUT2D eigenvalue weighted by atomic mass is 16.4. The van der Waals surface area contributed by atoms with Crippen LogP contribution in [0.4, 0.5) is 0 Å². The average Bonchev–Trinajstić information content (AvgIpc) is 3.20. The summed E-state index contributed by atoms with van der Waals surface area (Å²) in [6.45, 7) is 0. The molecular weight excluding hydrogens is 344 g/mol. The van der Waals surface area contributed by atoms with E-state index in [9.17, 15) is 19.5 Å². The van der Waals surface area contributed by atoms with Crippen molar-refractivity contribution in [3.05, 3.63) is 70.1 Å². The van der Waals surface area contributed by atoms with Gasteiger partial charge in [-0.15, -0.1) is 0 Å². The number of fused-ring (bicyclic) bond motifs is 2. The molecule has 1 amide bonds. The number of carboxylic acid groups (broad SMARTS) is 1. The van der Waals surface area contributed by atoms with E-state index in [1.165, 1.54) is 10.6 Å². The van der Waals surface area contributed by atoms with Gasteiger partial charge in [0.2, 0.25) is 0 Å². The van der Waals surface area contributed by atoms with E-state index in [0.717, 1.165) is 12.0 Å². The minimum atomic E-state index is -0.973. The fraction of sp³-hybridized carbons (Fsp3) is 0.381. The first kappa shape index (κ1) is 17.5. The summed E-state index contributed by atoms with van der Waals surface area (Å²) in [6.07, 6.45) is 3.93. The molecule has 0 aliphatic carbocycles. The number of carbonyl (C=O) groups excluding carboxylic acids is 1. The zero-order valence-corrected chi connectivity index (χ0v) is 15.2. The summed E-state index contributed by atoms with van der Waals surface area (Å²) in [7, 11) is 1.63. The molecule has 2 aromatic rings. The quantitative estimate of drug-likeness (QED) is 0.898. The molecule has 2 fully saturated rings. The maximum absolute atomic E-state index is 13.1. The van der Waals surface area contributed by atoms with Crippen LogP contribution in [0.15, 0.2) is 53.5 Å². The van der Waals surface area contributed by atoms with E-state index in [2.05, 4.69) is 0 Å². The lowest BCUT2D eigenvalue weighted by molar-refractivity contribution is -0.150. The fourth-order valence-electron chi connectivity index (χ4n) is 4.78. The Morgan fingerprint density at radius 3 is 2.59 bits per heavy atom. The number of carbonyl (C=O) groups is 2. The summed E-state index contributed by atoms with van der Waals surface area (Å²) in [4.78, 5) is 39.1. The van der Waals surface area contributed by atoms with Gasteiger partial charge in [-0.05, 0) is 37.3 Å². The van der Waals surface area contributed by atoms with E-state index in [-0.39, 0.29) is 23.6 Å². The normalized spacial score (nSPS) is 26.3. The first-order chi connectivity index (χ1) is 12.9. The highest BCUT2D eigenvalue weighted by molar-refractivity contribution is 5.96. The maximum atomic E-state index is 13.1. The van der Waals surface area contributed by atoms with Gasteiger partial charge in [0.05, 0.1) is 5.41 Å². The number of benzene rings is 1. The molecule has 3 atom stereocenters. The van der Waals surface area contributed by atoms with Gasteiger partial charge in [-0.2, -0.15) is 0 Å². The van der Waals surface area contributed by atoms with Crippen LogP contribution in [0, 0.1) is 5.41 Å². The van der Waals surface area contributed by atoms with Gasteiger partial charge in [0.1, 0.15) is 0 Å². The Bertz CT molecular complexity index is 952. The van der Waals surface area contributed by atoms with E-state index >= 15 is 0 Å². The van der Waals surface area contributed by atoms with E-state index in [0.29, 0.717) is 24.8 Å². The number of aliphatic carboxylic acids is 1. The number of aryl methyl sites for hydroxylation is 1. The molecule has 2 bridgehead atoms. The summed E-state index contributed by atoms with van der Waals surface area (Å²) < 4.78 is 1.41. The molecule has 0 radical (unpaired) electrons. The maximum Gasteiger partial charge on any atom is 0.312 e. The van der Waals surface area contributed by atoms with E-state index in [4.69, 9.17) is 0 Å². The molecule has 0 spiro atoms. The van der Waals surface area contributed by atoms with Crippen LogP contribution < -0.4 is 5.56 Å². The highest BCUT2D eigenvalue weighted by Gasteiger charge is 2.61. The van der Waals surface area contributed by atoms with Gasteiger partial charge in [0.25, 0.3) is 11.5 Å². The summed E-state index contributed by atoms with van der Waals surface area (Å²) in [5.41, 5.74) is 0.0742. The molecular formula is C21H22N2O4. The SMILES string of the molecule is Cn1ccc(C(=O)N2[C@H]3CC[C@@H]2[C@](Cc2ccccc2)(C(=O)O)C3)cc1=O. The van der Waals surface area contributed by atoms with Gasteiger partial charge in [-0.1, -0.05) is 30.3 Å². The van der Waals surface area contributed by atoms with Crippen LogP contribution in [0.3, 0.4) is 0 Å². The molecule has 4 rings (SSSR count). The van der Waals surface area contributed by atoms with E-state index in [1.54, 1.807) is 24.2 Å². The second-order valence-electron chi connectivity index (χ2n) is 7.65. The molecule has 3 heterocycles. The van der Waals surface area contributed by atoms with Gasteiger partial charge in [-0.3, -0.25) is 14.4 Å². The highest BCUT2D eigenvalue weighted by Crippen LogP contribution is 2.52. The summed E-state index contributed by atoms with van der Waals surface area (Å²) in [5, 5.41) is 10.1. The Morgan fingerprint density at radius 2 is 1.93 bits per heavy atom. The molecule has 6 nitrogen and oxygen atoms in total. The molecule has 2 saturated heterocycles. The average molecular weight is 366 g/mol. The van der Waals surface area contributed by atoms with Crippen LogP contribution in [-0.2, 0) is 18.3 Å². The van der Waals surface area contributed by atoms with Gasteiger partial charge in [0.15, 0.2) is 0 Å². The van der Waals surface area contributed by atoms with Crippen molar-refractivity contribution in [3.63, 3.8) is 0 Å². The predicted octanol–water partition coefficient (Wildman–Crippen LogP) is 2.08. The van der Waals surface area contributed by atoms with E-state index in [1.807, 2.05) is 30.3 Å². The predicted molar refractivity (Wildman–Crippen MR) is 99.5 cm³/mol.